The molecule has 7 nitrogen and oxygen atoms in total. The minimum Gasteiger partial charge on any atom is -0.431 e. The Labute approximate surface area is 137 Å². The molecule has 82 valence electrons. The first kappa shape index (κ1) is 21.3. The quantitative estimate of drug-likeness (QED) is 0.393. The molecule has 2 atom stereocenters. The molecule has 0 aliphatic heterocycles. The predicted octanol–water partition coefficient (Wildman–Crippen LogP) is -2.02. The molecule has 0 aromatic heterocycles. The Kier molecular flexibility index (Phi) is 16.4. The van der Waals surface area contributed by atoms with Crippen LogP contribution in [-0.2, 0) is 89.2 Å². The second-order valence-electron chi connectivity index (χ2n) is 2.08. The number of rotatable bonds is 7. The number of hydrogen-bond acceptors (Lipinski definition) is 7. The smallest absolute Gasteiger partial charge is 0.297 e. The molecule has 0 spiro atoms. The summed E-state index contributed by atoms with van der Waals surface area (Å²) in [6.07, 6.45) is -1.99. The molecule has 0 fully saturated rings. The topological polar surface area (TPSA) is 102 Å². The van der Waals surface area contributed by atoms with Gasteiger partial charge in [0.15, 0.2) is 0 Å². The summed E-state index contributed by atoms with van der Waals surface area (Å²) in [6, 6.07) is 0. The molecule has 0 aliphatic carbocycles. The largest absolute Gasteiger partial charge is 0.431 e. The van der Waals surface area contributed by atoms with Crippen LogP contribution in [0, 0.1) is 0 Å². The average molecular weight is 372 g/mol. The normalized spacial score (nSPS) is 14.6. The summed E-state index contributed by atoms with van der Waals surface area (Å²) in [5, 5.41) is 18.3. The second kappa shape index (κ2) is 11.5. The minimum absolute atomic E-state index is 0. The zero-order valence-corrected chi connectivity index (χ0v) is 13.7. The maximum atomic E-state index is 9.91. The molecule has 0 bridgehead atoms. The first-order valence-corrected chi connectivity index (χ1v) is 3.20. The van der Waals surface area contributed by atoms with Gasteiger partial charge in [-0.2, -0.15) is 0 Å². The van der Waals surface area contributed by atoms with Crippen LogP contribution in [0.4, 0.5) is 0 Å². The number of ether oxygens (including phenoxy) is 3. The van der Waals surface area contributed by atoms with Crippen molar-refractivity contribution in [2.24, 2.45) is 0 Å². The molecule has 0 aliphatic rings. The summed E-state index contributed by atoms with van der Waals surface area (Å²) >= 11 is 0. The van der Waals surface area contributed by atoms with E-state index in [1.165, 1.54) is 7.11 Å². The zero-order valence-electron chi connectivity index (χ0n) is 8.03. The van der Waals surface area contributed by atoms with Crippen molar-refractivity contribution in [2.45, 2.75) is 12.1 Å². The maximum absolute atomic E-state index is 9.91. The van der Waals surface area contributed by atoms with Gasteiger partial charge in [-0.1, -0.05) is 0 Å². The Morgan fingerprint density at radius 2 is 1.87 bits per heavy atom. The van der Waals surface area contributed by atoms with E-state index in [9.17, 15) is 14.7 Å². The van der Waals surface area contributed by atoms with Gasteiger partial charge >= 0.3 is 0 Å². The van der Waals surface area contributed by atoms with Gasteiger partial charge in [0.05, 0.1) is 0 Å². The van der Waals surface area contributed by atoms with Crippen molar-refractivity contribution in [2.75, 3.05) is 13.7 Å². The molecular weight excluding hydrogens is 362 g/mol. The van der Waals surface area contributed by atoms with Gasteiger partial charge in [-0.25, -0.2) is 0 Å². The summed E-state index contributed by atoms with van der Waals surface area (Å²) in [5.41, 5.74) is 0. The molecule has 2 N–H and O–H groups in total. The van der Waals surface area contributed by atoms with E-state index in [4.69, 9.17) is 5.11 Å². The van der Waals surface area contributed by atoms with Crippen LogP contribution in [0.25, 0.3) is 0 Å². The molecule has 0 rings (SSSR count). The van der Waals surface area contributed by atoms with E-state index in [1.54, 1.807) is 0 Å². The van der Waals surface area contributed by atoms with Crippen LogP contribution in [0.5, 0.6) is 0 Å². The molecule has 0 amide bonds. The fraction of sp³-hybridized carbons (Fsp3) is 0.667. The zero-order chi connectivity index (χ0) is 10.3. The van der Waals surface area contributed by atoms with E-state index >= 15 is 0 Å². The molecule has 0 aromatic rings. The van der Waals surface area contributed by atoms with E-state index in [-0.39, 0.29) is 78.4 Å². The molecule has 0 saturated heterocycles. The van der Waals surface area contributed by atoms with Gasteiger partial charge in [0.1, 0.15) is 6.61 Å². The number of aliphatic hydroxyl groups excluding tert-OH is 1. The molecule has 0 aromatic carbocycles. The Hall–Kier alpha value is 1.03. The van der Waals surface area contributed by atoms with Crippen molar-refractivity contribution < 1.29 is 99.4 Å². The molecule has 0 saturated carbocycles. The Morgan fingerprint density at radius 1 is 1.33 bits per heavy atom. The van der Waals surface area contributed by atoms with Gasteiger partial charge in [0.2, 0.25) is 0 Å². The van der Waals surface area contributed by atoms with Gasteiger partial charge in [0, 0.05) is 72.5 Å². The van der Waals surface area contributed by atoms with Crippen molar-refractivity contribution in [3.8, 4) is 0 Å². The van der Waals surface area contributed by atoms with E-state index in [1.807, 2.05) is 0 Å². The van der Waals surface area contributed by atoms with Crippen LogP contribution in [-0.4, -0.2) is 49.0 Å². The number of carbonyl (C=O) groups is 2. The molecule has 2 unspecified atom stereocenters. The summed E-state index contributed by atoms with van der Waals surface area (Å²) in [5.74, 6) is -2.38. The van der Waals surface area contributed by atoms with Crippen molar-refractivity contribution in [1.29, 1.82) is 0 Å². The molecule has 2 radical (unpaired) electrons. The molecule has 0 heterocycles. The SMILES string of the molecule is COCC(O)(OC=O)C(O)OC=O.[Y].[Y]. The molecule has 15 heavy (non-hydrogen) atoms. The van der Waals surface area contributed by atoms with Gasteiger partial charge in [-0.05, 0) is 0 Å². The van der Waals surface area contributed by atoms with Crippen LogP contribution < -0.4 is 0 Å². The van der Waals surface area contributed by atoms with E-state index in [0.29, 0.717) is 0 Å². The summed E-state index contributed by atoms with van der Waals surface area (Å²) in [4.78, 5) is 19.7. The maximum Gasteiger partial charge on any atom is 0.297 e. The van der Waals surface area contributed by atoms with Crippen molar-refractivity contribution in [1.82, 2.24) is 0 Å². The van der Waals surface area contributed by atoms with E-state index in [0.717, 1.165) is 0 Å². The van der Waals surface area contributed by atoms with Gasteiger partial charge in [-0.15, -0.1) is 0 Å². The van der Waals surface area contributed by atoms with Gasteiger partial charge in [-0.3, -0.25) is 9.59 Å². The minimum atomic E-state index is -2.38. The second-order valence-corrected chi connectivity index (χ2v) is 2.08. The fourth-order valence-corrected chi connectivity index (χ4v) is 0.613. The third kappa shape index (κ3) is 7.85. The van der Waals surface area contributed by atoms with Crippen LogP contribution in [0.3, 0.4) is 0 Å². The number of aliphatic hydroxyl groups is 2. The summed E-state index contributed by atoms with van der Waals surface area (Å²) in [6.45, 7) is -0.726. The van der Waals surface area contributed by atoms with Crippen LogP contribution >= 0.6 is 0 Å². The third-order valence-corrected chi connectivity index (χ3v) is 1.17. The van der Waals surface area contributed by atoms with Crippen molar-refractivity contribution >= 4 is 12.9 Å². The summed E-state index contributed by atoms with van der Waals surface area (Å²) < 4.78 is 12.5. The summed E-state index contributed by atoms with van der Waals surface area (Å²) in [7, 11) is 1.20. The number of carbonyl (C=O) groups excluding carboxylic acids is 2. The number of methoxy groups -OCH3 is 1. The standard InChI is InChI=1S/C6H10O7.2Y/c1-11-2-6(10,13-4-8)5(9)12-3-7;;/h3-5,9-10H,2H2,1H3;;. The van der Waals surface area contributed by atoms with Crippen LogP contribution in [0.2, 0.25) is 0 Å². The first-order chi connectivity index (χ1) is 6.10. The molecular formula is C6H10O7Y2. The molecule has 9 heteroatoms. The first-order valence-electron chi connectivity index (χ1n) is 3.20. The monoisotopic (exact) mass is 372 g/mol. The van der Waals surface area contributed by atoms with E-state index in [2.05, 4.69) is 14.2 Å². The average Bonchev–Trinajstić information content (AvgIpc) is 2.05. The Morgan fingerprint density at radius 3 is 2.20 bits per heavy atom. The predicted molar refractivity (Wildman–Crippen MR) is 37.1 cm³/mol. The number of hydrogen-bond donors (Lipinski definition) is 2. The fourth-order valence-electron chi connectivity index (χ4n) is 0.613. The van der Waals surface area contributed by atoms with Crippen LogP contribution in [0.15, 0.2) is 0 Å². The van der Waals surface area contributed by atoms with E-state index < -0.39 is 18.7 Å². The Bertz CT molecular complexity index is 179. The Balaban J connectivity index is -0.000000720. The van der Waals surface area contributed by atoms with Crippen LogP contribution in [0.1, 0.15) is 0 Å². The van der Waals surface area contributed by atoms with Gasteiger partial charge < -0.3 is 24.4 Å². The van der Waals surface area contributed by atoms with Crippen molar-refractivity contribution in [3.63, 3.8) is 0 Å². The third-order valence-electron chi connectivity index (χ3n) is 1.17. The van der Waals surface area contributed by atoms with Crippen molar-refractivity contribution in [3.05, 3.63) is 0 Å². The van der Waals surface area contributed by atoms with Gasteiger partial charge in [0.25, 0.3) is 25.0 Å².